The molecule has 3 nitrogen and oxygen atoms in total. The van der Waals surface area contributed by atoms with E-state index in [1.165, 1.54) is 25.3 Å². The highest BCUT2D eigenvalue weighted by Gasteiger charge is 2.34. The molecular weight excluding hydrogens is 307 g/mol. The number of H-pyrrole nitrogens is 1. The molecule has 0 saturated heterocycles. The van der Waals surface area contributed by atoms with Gasteiger partial charge in [0.05, 0.1) is 12.7 Å². The number of aromatic nitrogens is 1. The maximum Gasteiger partial charge on any atom is 0.419 e. The molecule has 0 aliphatic carbocycles. The fraction of sp³-hybridized carbons (Fsp3) is 0.118. The van der Waals surface area contributed by atoms with Gasteiger partial charge in [0.15, 0.2) is 5.43 Å². The number of para-hydroxylation sites is 1. The Morgan fingerprint density at radius 3 is 2.48 bits per heavy atom. The molecule has 6 heteroatoms. The number of fused-ring (bicyclic) bond motifs is 1. The first kappa shape index (κ1) is 15.1. The van der Waals surface area contributed by atoms with E-state index in [0.717, 1.165) is 6.07 Å². The van der Waals surface area contributed by atoms with Crippen LogP contribution in [0.5, 0.6) is 5.75 Å². The molecule has 1 N–H and O–H groups in total. The summed E-state index contributed by atoms with van der Waals surface area (Å²) in [6.07, 6.45) is -4.54. The second-order valence-corrected chi connectivity index (χ2v) is 5.01. The molecule has 3 rings (SSSR count). The third kappa shape index (κ3) is 2.79. The average molecular weight is 319 g/mol. The number of pyridine rings is 1. The summed E-state index contributed by atoms with van der Waals surface area (Å²) in [5.41, 5.74) is 0.0208. The zero-order chi connectivity index (χ0) is 16.6. The van der Waals surface area contributed by atoms with Crippen LogP contribution in [-0.2, 0) is 6.18 Å². The Balaban J connectivity index is 2.21. The minimum Gasteiger partial charge on any atom is -0.496 e. The summed E-state index contributed by atoms with van der Waals surface area (Å²) >= 11 is 0. The molecule has 0 amide bonds. The summed E-state index contributed by atoms with van der Waals surface area (Å²) in [6.45, 7) is 0. The Hall–Kier alpha value is -2.76. The highest BCUT2D eigenvalue weighted by Crippen LogP contribution is 2.38. The van der Waals surface area contributed by atoms with Crippen molar-refractivity contribution in [1.29, 1.82) is 0 Å². The van der Waals surface area contributed by atoms with Crippen LogP contribution in [-0.4, -0.2) is 12.1 Å². The highest BCUT2D eigenvalue weighted by atomic mass is 19.4. The van der Waals surface area contributed by atoms with Gasteiger partial charge in [0, 0.05) is 22.7 Å². The van der Waals surface area contributed by atoms with Crippen LogP contribution in [0.25, 0.3) is 22.2 Å². The van der Waals surface area contributed by atoms with Crippen LogP contribution in [0.2, 0.25) is 0 Å². The summed E-state index contributed by atoms with van der Waals surface area (Å²) in [7, 11) is 1.18. The molecule has 0 fully saturated rings. The average Bonchev–Trinajstić information content (AvgIpc) is 2.53. The highest BCUT2D eigenvalue weighted by molar-refractivity contribution is 5.81. The molecule has 118 valence electrons. The van der Waals surface area contributed by atoms with E-state index in [1.807, 2.05) is 0 Å². The Morgan fingerprint density at radius 2 is 1.78 bits per heavy atom. The molecule has 23 heavy (non-hydrogen) atoms. The number of methoxy groups -OCH3 is 1. The lowest BCUT2D eigenvalue weighted by molar-refractivity contribution is -0.138. The number of benzene rings is 2. The zero-order valence-corrected chi connectivity index (χ0v) is 12.1. The molecule has 1 heterocycles. The number of ether oxygens (including phenoxy) is 1. The zero-order valence-electron chi connectivity index (χ0n) is 12.1. The van der Waals surface area contributed by atoms with Gasteiger partial charge in [0.25, 0.3) is 0 Å². The van der Waals surface area contributed by atoms with Crippen LogP contribution in [0.3, 0.4) is 0 Å². The van der Waals surface area contributed by atoms with Crippen molar-refractivity contribution in [3.05, 3.63) is 64.3 Å². The molecule has 0 spiro atoms. The number of nitrogens with one attached hydrogen (secondary N) is 1. The predicted molar refractivity (Wildman–Crippen MR) is 81.6 cm³/mol. The Labute approximate surface area is 129 Å². The fourth-order valence-corrected chi connectivity index (χ4v) is 2.45. The fourth-order valence-electron chi connectivity index (χ4n) is 2.45. The molecule has 3 aromatic rings. The number of alkyl halides is 3. The summed E-state index contributed by atoms with van der Waals surface area (Å²) in [4.78, 5) is 15.1. The number of hydrogen-bond donors (Lipinski definition) is 1. The number of rotatable bonds is 2. The van der Waals surface area contributed by atoms with Gasteiger partial charge in [0.1, 0.15) is 5.75 Å². The van der Waals surface area contributed by atoms with E-state index in [2.05, 4.69) is 4.98 Å². The van der Waals surface area contributed by atoms with Gasteiger partial charge in [-0.1, -0.05) is 12.1 Å². The van der Waals surface area contributed by atoms with Gasteiger partial charge < -0.3 is 9.72 Å². The molecular formula is C17H12F3NO2. The third-order valence-corrected chi connectivity index (χ3v) is 3.55. The van der Waals surface area contributed by atoms with E-state index in [1.54, 1.807) is 24.3 Å². The minimum atomic E-state index is -4.54. The van der Waals surface area contributed by atoms with Gasteiger partial charge in [-0.3, -0.25) is 4.79 Å². The summed E-state index contributed by atoms with van der Waals surface area (Å²) in [5, 5.41) is 0.487. The monoisotopic (exact) mass is 319 g/mol. The standard InChI is InChI=1S/C17H12F3NO2/c1-23-16-7-6-10(8-12(16)17(18,19)20)14-9-15(22)11-4-2-3-5-13(11)21-14/h2-9H,1H3,(H,21,22). The first-order valence-corrected chi connectivity index (χ1v) is 6.78. The van der Waals surface area contributed by atoms with Crippen LogP contribution in [0.15, 0.2) is 53.3 Å². The molecule has 0 aliphatic rings. The summed E-state index contributed by atoms with van der Waals surface area (Å²) < 4.78 is 44.1. The molecule has 0 aliphatic heterocycles. The van der Waals surface area contributed by atoms with Crippen molar-refractivity contribution in [2.75, 3.05) is 7.11 Å². The summed E-state index contributed by atoms with van der Waals surface area (Å²) in [5.74, 6) is -0.260. The molecule has 0 saturated carbocycles. The lowest BCUT2D eigenvalue weighted by atomic mass is 10.0. The number of aromatic amines is 1. The SMILES string of the molecule is COc1ccc(-c2cc(=O)c3ccccc3[nH]2)cc1C(F)(F)F. The molecule has 1 aromatic heterocycles. The van der Waals surface area contributed by atoms with Crippen molar-refractivity contribution in [1.82, 2.24) is 4.98 Å². The van der Waals surface area contributed by atoms with Gasteiger partial charge in [-0.2, -0.15) is 13.2 Å². The van der Waals surface area contributed by atoms with Gasteiger partial charge in [-0.25, -0.2) is 0 Å². The quantitative estimate of drug-likeness (QED) is 0.768. The van der Waals surface area contributed by atoms with Gasteiger partial charge in [-0.05, 0) is 35.9 Å². The van der Waals surface area contributed by atoms with E-state index in [-0.39, 0.29) is 16.7 Å². The van der Waals surface area contributed by atoms with Gasteiger partial charge in [0.2, 0.25) is 0 Å². The molecule has 0 unspecified atom stereocenters. The normalized spacial score (nSPS) is 11.7. The number of hydrogen-bond acceptors (Lipinski definition) is 2. The van der Waals surface area contributed by atoms with Crippen molar-refractivity contribution in [3.8, 4) is 17.0 Å². The minimum absolute atomic E-state index is 0.251. The molecule has 0 atom stereocenters. The van der Waals surface area contributed by atoms with Crippen molar-refractivity contribution < 1.29 is 17.9 Å². The lowest BCUT2D eigenvalue weighted by Gasteiger charge is -2.13. The largest absolute Gasteiger partial charge is 0.496 e. The summed E-state index contributed by atoms with van der Waals surface area (Å²) in [6, 6.07) is 11.8. The van der Waals surface area contributed by atoms with Crippen molar-refractivity contribution in [2.24, 2.45) is 0 Å². The Bertz CT molecular complexity index is 929. The number of halogens is 3. The van der Waals surface area contributed by atoms with Crippen LogP contribution in [0.1, 0.15) is 5.56 Å². The first-order chi connectivity index (χ1) is 10.9. The second-order valence-electron chi connectivity index (χ2n) is 5.01. The topological polar surface area (TPSA) is 42.1 Å². The third-order valence-electron chi connectivity index (χ3n) is 3.55. The maximum atomic E-state index is 13.1. The second kappa shape index (κ2) is 5.46. The molecule has 2 aromatic carbocycles. The van der Waals surface area contributed by atoms with Crippen LogP contribution >= 0.6 is 0 Å². The maximum absolute atomic E-state index is 13.1. The smallest absolute Gasteiger partial charge is 0.419 e. The van der Waals surface area contributed by atoms with E-state index in [0.29, 0.717) is 16.6 Å². The van der Waals surface area contributed by atoms with E-state index < -0.39 is 11.7 Å². The van der Waals surface area contributed by atoms with Crippen molar-refractivity contribution in [2.45, 2.75) is 6.18 Å². The van der Waals surface area contributed by atoms with Crippen molar-refractivity contribution in [3.63, 3.8) is 0 Å². The Morgan fingerprint density at radius 1 is 1.04 bits per heavy atom. The van der Waals surface area contributed by atoms with Gasteiger partial charge in [-0.15, -0.1) is 0 Å². The first-order valence-electron chi connectivity index (χ1n) is 6.78. The Kier molecular flexibility index (Phi) is 3.60. The van der Waals surface area contributed by atoms with E-state index in [4.69, 9.17) is 4.74 Å². The van der Waals surface area contributed by atoms with Crippen molar-refractivity contribution >= 4 is 10.9 Å². The van der Waals surface area contributed by atoms with Crippen LogP contribution in [0, 0.1) is 0 Å². The lowest BCUT2D eigenvalue weighted by Crippen LogP contribution is -2.08. The predicted octanol–water partition coefficient (Wildman–Crippen LogP) is 4.22. The van der Waals surface area contributed by atoms with E-state index in [9.17, 15) is 18.0 Å². The van der Waals surface area contributed by atoms with Gasteiger partial charge >= 0.3 is 6.18 Å². The molecule has 0 radical (unpaired) electrons. The van der Waals surface area contributed by atoms with Crippen LogP contribution < -0.4 is 10.2 Å². The van der Waals surface area contributed by atoms with E-state index >= 15 is 0 Å². The molecule has 0 bridgehead atoms. The van der Waals surface area contributed by atoms with Crippen LogP contribution in [0.4, 0.5) is 13.2 Å².